The molecule has 0 bridgehead atoms. The number of carboxylic acids is 1. The van der Waals surface area contributed by atoms with Crippen molar-refractivity contribution >= 4 is 17.8 Å². The molecule has 0 aliphatic carbocycles. The van der Waals surface area contributed by atoms with Gasteiger partial charge in [-0.3, -0.25) is 14.4 Å². The van der Waals surface area contributed by atoms with Gasteiger partial charge >= 0.3 is 5.97 Å². The maximum Gasteiger partial charge on any atom is 0.306 e. The van der Waals surface area contributed by atoms with Gasteiger partial charge in [0.1, 0.15) is 5.75 Å². The van der Waals surface area contributed by atoms with Gasteiger partial charge in [-0.25, -0.2) is 0 Å². The van der Waals surface area contributed by atoms with Gasteiger partial charge in [-0.05, 0) is 37.5 Å². The van der Waals surface area contributed by atoms with E-state index in [1.165, 1.54) is 6.07 Å². The van der Waals surface area contributed by atoms with Gasteiger partial charge in [-0.15, -0.1) is 0 Å². The third-order valence-electron chi connectivity index (χ3n) is 4.22. The van der Waals surface area contributed by atoms with E-state index in [1.54, 1.807) is 17.0 Å². The summed E-state index contributed by atoms with van der Waals surface area (Å²) in [5.74, 6) is -1.81. The highest BCUT2D eigenvalue weighted by Crippen LogP contribution is 2.19. The van der Waals surface area contributed by atoms with Gasteiger partial charge in [0.15, 0.2) is 0 Å². The van der Waals surface area contributed by atoms with Crippen molar-refractivity contribution in [3.63, 3.8) is 0 Å². The predicted molar refractivity (Wildman–Crippen MR) is 86.7 cm³/mol. The van der Waals surface area contributed by atoms with Gasteiger partial charge in [0, 0.05) is 26.1 Å². The highest BCUT2D eigenvalue weighted by Gasteiger charge is 2.26. The van der Waals surface area contributed by atoms with Gasteiger partial charge in [0.2, 0.25) is 5.91 Å². The summed E-state index contributed by atoms with van der Waals surface area (Å²) in [7, 11) is 0. The molecule has 1 fully saturated rings. The van der Waals surface area contributed by atoms with Gasteiger partial charge in [-0.1, -0.05) is 6.07 Å². The van der Waals surface area contributed by atoms with E-state index in [0.29, 0.717) is 25.9 Å². The van der Waals surface area contributed by atoms with Crippen LogP contribution in [0.1, 0.15) is 35.2 Å². The van der Waals surface area contributed by atoms with E-state index in [1.807, 2.05) is 6.92 Å². The molecule has 0 spiro atoms. The third-order valence-corrected chi connectivity index (χ3v) is 4.22. The maximum atomic E-state index is 12.1. The van der Waals surface area contributed by atoms with Crippen LogP contribution in [0.4, 0.5) is 0 Å². The van der Waals surface area contributed by atoms with Gasteiger partial charge in [0.05, 0.1) is 11.5 Å². The number of carbonyl (C=O) groups is 3. The van der Waals surface area contributed by atoms with Crippen LogP contribution in [-0.4, -0.2) is 52.5 Å². The quantitative estimate of drug-likeness (QED) is 0.749. The Balaban J connectivity index is 1.76. The molecule has 7 heteroatoms. The molecule has 3 N–H and O–H groups in total. The van der Waals surface area contributed by atoms with Crippen LogP contribution < -0.4 is 5.32 Å². The Kier molecular flexibility index (Phi) is 5.78. The second-order valence-electron chi connectivity index (χ2n) is 6.02. The minimum Gasteiger partial charge on any atom is -0.507 e. The molecule has 7 nitrogen and oxygen atoms in total. The summed E-state index contributed by atoms with van der Waals surface area (Å²) in [6.45, 7) is 2.85. The highest BCUT2D eigenvalue weighted by molar-refractivity contribution is 5.97. The number of amides is 2. The normalized spacial score (nSPS) is 15.1. The molecule has 1 aromatic carbocycles. The van der Waals surface area contributed by atoms with E-state index in [-0.39, 0.29) is 36.1 Å². The Labute approximate surface area is 140 Å². The molecule has 2 amide bonds. The number of benzene rings is 1. The number of rotatable bonds is 5. The van der Waals surface area contributed by atoms with Crippen LogP contribution in [0.3, 0.4) is 0 Å². The van der Waals surface area contributed by atoms with E-state index in [9.17, 15) is 19.5 Å². The molecule has 0 atom stereocenters. The van der Waals surface area contributed by atoms with Crippen molar-refractivity contribution < 1.29 is 24.6 Å². The molecule has 0 saturated carbocycles. The molecule has 24 heavy (non-hydrogen) atoms. The molecule has 1 aliphatic heterocycles. The van der Waals surface area contributed by atoms with E-state index in [0.717, 1.165) is 5.56 Å². The standard InChI is InChI=1S/C17H22N2O5/c1-11-2-3-13(14(20)10-11)16(22)18-7-4-15(21)19-8-5-12(6-9-19)17(23)24/h2-3,10,12,20H,4-9H2,1H3,(H,18,22)(H,23,24). The van der Waals surface area contributed by atoms with Gasteiger partial charge in [0.25, 0.3) is 5.91 Å². The van der Waals surface area contributed by atoms with E-state index in [4.69, 9.17) is 5.11 Å². The second kappa shape index (κ2) is 7.81. The summed E-state index contributed by atoms with van der Waals surface area (Å²) >= 11 is 0. The number of hydrogen-bond donors (Lipinski definition) is 3. The first-order chi connectivity index (χ1) is 11.4. The fraction of sp³-hybridized carbons (Fsp3) is 0.471. The largest absolute Gasteiger partial charge is 0.507 e. The highest BCUT2D eigenvalue weighted by atomic mass is 16.4. The number of aliphatic carboxylic acids is 1. The Morgan fingerprint density at radius 2 is 1.92 bits per heavy atom. The lowest BCUT2D eigenvalue weighted by molar-refractivity contribution is -0.145. The number of phenols is 1. The molecule has 1 heterocycles. The van der Waals surface area contributed by atoms with Crippen molar-refractivity contribution in [3.8, 4) is 5.75 Å². The zero-order valence-electron chi connectivity index (χ0n) is 13.6. The van der Waals surface area contributed by atoms with E-state index >= 15 is 0 Å². The van der Waals surface area contributed by atoms with Crippen LogP contribution in [0.5, 0.6) is 5.75 Å². The van der Waals surface area contributed by atoms with Crippen molar-refractivity contribution in [1.82, 2.24) is 10.2 Å². The van der Waals surface area contributed by atoms with Crippen LogP contribution in [0.25, 0.3) is 0 Å². The van der Waals surface area contributed by atoms with Crippen molar-refractivity contribution in [2.24, 2.45) is 5.92 Å². The number of piperidine rings is 1. The molecule has 1 aliphatic rings. The fourth-order valence-corrected chi connectivity index (χ4v) is 2.75. The fourth-order valence-electron chi connectivity index (χ4n) is 2.75. The Hall–Kier alpha value is -2.57. The number of carbonyl (C=O) groups excluding carboxylic acids is 2. The van der Waals surface area contributed by atoms with Crippen LogP contribution in [0.2, 0.25) is 0 Å². The molecule has 0 aromatic heterocycles. The lowest BCUT2D eigenvalue weighted by Gasteiger charge is -2.30. The number of phenolic OH excluding ortho intramolecular Hbond substituents is 1. The van der Waals surface area contributed by atoms with Crippen LogP contribution >= 0.6 is 0 Å². The molecule has 1 aromatic rings. The Morgan fingerprint density at radius 3 is 2.50 bits per heavy atom. The lowest BCUT2D eigenvalue weighted by Crippen LogP contribution is -2.41. The monoisotopic (exact) mass is 334 g/mol. The molecule has 2 rings (SSSR count). The van der Waals surface area contributed by atoms with Crippen LogP contribution in [-0.2, 0) is 9.59 Å². The summed E-state index contributed by atoms with van der Waals surface area (Å²) in [6, 6.07) is 4.78. The summed E-state index contributed by atoms with van der Waals surface area (Å²) in [4.78, 5) is 36.6. The number of hydrogen-bond acceptors (Lipinski definition) is 4. The number of nitrogens with one attached hydrogen (secondary N) is 1. The number of aryl methyl sites for hydroxylation is 1. The SMILES string of the molecule is Cc1ccc(C(=O)NCCC(=O)N2CCC(C(=O)O)CC2)c(O)c1. The topological polar surface area (TPSA) is 107 Å². The van der Waals surface area contributed by atoms with E-state index < -0.39 is 11.9 Å². The summed E-state index contributed by atoms with van der Waals surface area (Å²) < 4.78 is 0. The molecule has 1 saturated heterocycles. The van der Waals surface area contributed by atoms with Crippen LogP contribution in [0.15, 0.2) is 18.2 Å². The summed E-state index contributed by atoms with van der Waals surface area (Å²) in [6.07, 6.45) is 1.07. The summed E-state index contributed by atoms with van der Waals surface area (Å²) in [5, 5.41) is 21.3. The average molecular weight is 334 g/mol. The lowest BCUT2D eigenvalue weighted by atomic mass is 9.97. The zero-order chi connectivity index (χ0) is 17.7. The second-order valence-corrected chi connectivity index (χ2v) is 6.02. The maximum absolute atomic E-state index is 12.1. The average Bonchev–Trinajstić information content (AvgIpc) is 2.54. The van der Waals surface area contributed by atoms with Gasteiger partial charge < -0.3 is 20.4 Å². The molecule has 0 radical (unpaired) electrons. The number of likely N-dealkylation sites (tertiary alicyclic amines) is 1. The molecule has 130 valence electrons. The number of carboxylic acid groups (broad SMARTS) is 1. The zero-order valence-corrected chi connectivity index (χ0v) is 13.6. The Morgan fingerprint density at radius 1 is 1.25 bits per heavy atom. The van der Waals surface area contributed by atoms with Crippen molar-refractivity contribution in [2.75, 3.05) is 19.6 Å². The van der Waals surface area contributed by atoms with Crippen LogP contribution in [0, 0.1) is 12.8 Å². The minimum absolute atomic E-state index is 0.0884. The predicted octanol–water partition coefficient (Wildman–Crippen LogP) is 1.14. The molecular weight excluding hydrogens is 312 g/mol. The first-order valence-electron chi connectivity index (χ1n) is 7.97. The smallest absolute Gasteiger partial charge is 0.306 e. The van der Waals surface area contributed by atoms with Crippen molar-refractivity contribution in [2.45, 2.75) is 26.2 Å². The number of aromatic hydroxyl groups is 1. The molecular formula is C17H22N2O5. The first kappa shape index (κ1) is 17.8. The minimum atomic E-state index is -0.813. The van der Waals surface area contributed by atoms with Crippen molar-refractivity contribution in [1.29, 1.82) is 0 Å². The first-order valence-corrected chi connectivity index (χ1v) is 7.97. The Bertz CT molecular complexity index is 636. The summed E-state index contributed by atoms with van der Waals surface area (Å²) in [5.41, 5.74) is 1.03. The van der Waals surface area contributed by atoms with Gasteiger partial charge in [-0.2, -0.15) is 0 Å². The third kappa shape index (κ3) is 4.47. The van der Waals surface area contributed by atoms with Crippen molar-refractivity contribution in [3.05, 3.63) is 29.3 Å². The number of nitrogens with zero attached hydrogens (tertiary/aromatic N) is 1. The van der Waals surface area contributed by atoms with E-state index in [2.05, 4.69) is 5.32 Å². The molecule has 0 unspecified atom stereocenters.